The average Bonchev–Trinajstić information content (AvgIpc) is 2.03. The zero-order valence-electron chi connectivity index (χ0n) is 5.88. The minimum atomic E-state index is 1.15. The Morgan fingerprint density at radius 2 is 1.90 bits per heavy atom. The normalized spacial score (nSPS) is 10.7. The zero-order valence-corrected chi connectivity index (χ0v) is 8.68. The van der Waals surface area contributed by atoms with E-state index in [-0.39, 0.29) is 0 Å². The molecular formula is C8H10PSc. The molecule has 0 bridgehead atoms. The molecule has 0 N–H and O–H groups in total. The van der Waals surface area contributed by atoms with Crippen molar-refractivity contribution in [2.24, 2.45) is 0 Å². The standard InChI is InChI=1S/C8H10P.Sc/c9-7-6-8-4-2-1-3-5-8;/h1-5,9H,6-7H2;/q-1;+1. The van der Waals surface area contributed by atoms with Crippen LogP contribution in [0.25, 0.3) is 0 Å². The minimum absolute atomic E-state index is 1.15. The van der Waals surface area contributed by atoms with E-state index in [0.29, 0.717) is 0 Å². The molecule has 1 aromatic carbocycles. The van der Waals surface area contributed by atoms with Crippen molar-refractivity contribution in [2.45, 2.75) is 6.42 Å². The van der Waals surface area contributed by atoms with E-state index in [1.54, 1.807) is 0 Å². The van der Waals surface area contributed by atoms with E-state index in [2.05, 4.69) is 30.3 Å². The fourth-order valence-electron chi connectivity index (χ4n) is 0.861. The van der Waals surface area contributed by atoms with Crippen LogP contribution >= 0.6 is 5.93 Å². The van der Waals surface area contributed by atoms with Gasteiger partial charge in [0.1, 0.15) is 0 Å². The van der Waals surface area contributed by atoms with Crippen molar-refractivity contribution in [2.75, 3.05) is 6.16 Å². The maximum atomic E-state index is 2.20. The van der Waals surface area contributed by atoms with Gasteiger partial charge in [0.05, 0.1) is 0 Å². The second-order valence-corrected chi connectivity index (χ2v) is 5.01. The number of hydrogen-bond donors (Lipinski definition) is 0. The summed E-state index contributed by atoms with van der Waals surface area (Å²) in [6.45, 7) is 0. The number of benzene rings is 1. The molecule has 0 saturated heterocycles. The monoisotopic (exact) mass is 182 g/mol. The van der Waals surface area contributed by atoms with E-state index < -0.39 is 0 Å². The third-order valence-corrected chi connectivity index (χ3v) is 3.29. The summed E-state index contributed by atoms with van der Waals surface area (Å²) in [5.74, 6) is 1.15. The van der Waals surface area contributed by atoms with Gasteiger partial charge in [-0.05, 0) is 0 Å². The molecule has 0 radical (unpaired) electrons. The third kappa shape index (κ3) is 3.07. The number of aryl methyl sites for hydroxylation is 1. The molecule has 0 spiro atoms. The van der Waals surface area contributed by atoms with Gasteiger partial charge in [0.15, 0.2) is 0 Å². The summed E-state index contributed by atoms with van der Waals surface area (Å²) in [5, 5.41) is 0. The Bertz CT molecular complexity index is 174. The van der Waals surface area contributed by atoms with Crippen LogP contribution in [0.5, 0.6) is 0 Å². The Labute approximate surface area is 78.0 Å². The maximum absolute atomic E-state index is 2.20. The van der Waals surface area contributed by atoms with Crippen LogP contribution in [0.1, 0.15) is 5.56 Å². The van der Waals surface area contributed by atoms with Crippen molar-refractivity contribution in [3.8, 4) is 0 Å². The Hall–Kier alpha value is 0.520. The Morgan fingerprint density at radius 1 is 1.20 bits per heavy atom. The van der Waals surface area contributed by atoms with E-state index in [1.807, 2.05) is 23.8 Å². The van der Waals surface area contributed by atoms with Gasteiger partial charge in [0, 0.05) is 0 Å². The summed E-state index contributed by atoms with van der Waals surface area (Å²) in [5.41, 5.74) is 1.48. The molecule has 2 heteroatoms. The van der Waals surface area contributed by atoms with Crippen molar-refractivity contribution in [3.05, 3.63) is 35.9 Å². The molecule has 50 valence electrons. The molecule has 0 aliphatic heterocycles. The first-order valence-electron chi connectivity index (χ1n) is 3.41. The number of hydrogen-bond acceptors (Lipinski definition) is 0. The van der Waals surface area contributed by atoms with Gasteiger partial charge < -0.3 is 0 Å². The molecule has 0 amide bonds. The molecule has 0 nitrogen and oxygen atoms in total. The van der Waals surface area contributed by atoms with E-state index in [1.165, 1.54) is 18.1 Å². The van der Waals surface area contributed by atoms with Gasteiger partial charge in [-0.3, -0.25) is 0 Å². The van der Waals surface area contributed by atoms with Crippen LogP contribution in [0, 0.1) is 0 Å². The predicted octanol–water partition coefficient (Wildman–Crippen LogP) is 2.37. The predicted molar refractivity (Wildman–Crippen MR) is 43.3 cm³/mol. The van der Waals surface area contributed by atoms with Crippen molar-refractivity contribution >= 4 is 5.93 Å². The van der Waals surface area contributed by atoms with Crippen molar-refractivity contribution in [3.63, 3.8) is 0 Å². The first kappa shape index (κ1) is 8.62. The molecule has 1 unspecified atom stereocenters. The molecule has 0 aliphatic rings. The van der Waals surface area contributed by atoms with Crippen LogP contribution in [0.3, 0.4) is 0 Å². The molecule has 10 heavy (non-hydrogen) atoms. The van der Waals surface area contributed by atoms with E-state index in [9.17, 15) is 0 Å². The molecule has 0 fully saturated rings. The van der Waals surface area contributed by atoms with Crippen LogP contribution < -0.4 is 0 Å². The van der Waals surface area contributed by atoms with Crippen LogP contribution in [-0.2, 0) is 30.2 Å². The summed E-state index contributed by atoms with van der Waals surface area (Å²) in [4.78, 5) is 0. The first-order valence-corrected chi connectivity index (χ1v) is 7.40. The van der Waals surface area contributed by atoms with Crippen LogP contribution in [0.15, 0.2) is 30.3 Å². The Kier molecular flexibility index (Phi) is 4.49. The fourth-order valence-corrected chi connectivity index (χ4v) is 1.97. The van der Waals surface area contributed by atoms with Crippen LogP contribution in [0.2, 0.25) is 0 Å². The molecule has 0 saturated carbocycles. The summed E-state index contributed by atoms with van der Waals surface area (Å²) in [6, 6.07) is 10.7. The molecule has 1 atom stereocenters. The average molecular weight is 182 g/mol. The van der Waals surface area contributed by atoms with E-state index in [4.69, 9.17) is 0 Å². The van der Waals surface area contributed by atoms with Gasteiger partial charge in [-0.1, -0.05) is 0 Å². The second kappa shape index (κ2) is 5.21. The van der Waals surface area contributed by atoms with Gasteiger partial charge >= 0.3 is 78.2 Å². The third-order valence-electron chi connectivity index (χ3n) is 1.40. The Balaban J connectivity index is 2.43. The molecule has 1 rings (SSSR count). The van der Waals surface area contributed by atoms with Crippen molar-refractivity contribution in [1.82, 2.24) is 0 Å². The van der Waals surface area contributed by atoms with Crippen molar-refractivity contribution < 1.29 is 23.8 Å². The van der Waals surface area contributed by atoms with Gasteiger partial charge in [-0.15, -0.1) is 0 Å². The van der Waals surface area contributed by atoms with Gasteiger partial charge in [-0.25, -0.2) is 0 Å². The molecule has 0 heterocycles. The van der Waals surface area contributed by atoms with E-state index in [0.717, 1.165) is 5.93 Å². The van der Waals surface area contributed by atoms with E-state index >= 15 is 0 Å². The number of rotatable bonds is 3. The SMILES string of the molecule is [Sc][PH]CCc1ccccc1. The molecule has 1 aromatic rings. The molecular weight excluding hydrogens is 172 g/mol. The van der Waals surface area contributed by atoms with Crippen molar-refractivity contribution in [1.29, 1.82) is 0 Å². The van der Waals surface area contributed by atoms with Crippen LogP contribution in [0.4, 0.5) is 0 Å². The van der Waals surface area contributed by atoms with Gasteiger partial charge in [0.25, 0.3) is 0 Å². The fraction of sp³-hybridized carbons (Fsp3) is 0.250. The van der Waals surface area contributed by atoms with Crippen LogP contribution in [-0.4, -0.2) is 6.16 Å². The summed E-state index contributed by atoms with van der Waals surface area (Å²) in [6.07, 6.45) is 2.63. The summed E-state index contributed by atoms with van der Waals surface area (Å²) in [7, 11) is 0. The Morgan fingerprint density at radius 3 is 2.50 bits per heavy atom. The second-order valence-electron chi connectivity index (χ2n) is 2.19. The van der Waals surface area contributed by atoms with Gasteiger partial charge in [-0.2, -0.15) is 0 Å². The zero-order chi connectivity index (χ0) is 7.23. The topological polar surface area (TPSA) is 0 Å². The summed E-state index contributed by atoms with van der Waals surface area (Å²) >= 11 is 1.86. The molecule has 0 aromatic heterocycles. The molecule has 0 aliphatic carbocycles. The first-order chi connectivity index (χ1) is 4.93. The van der Waals surface area contributed by atoms with Gasteiger partial charge in [0.2, 0.25) is 0 Å². The summed E-state index contributed by atoms with van der Waals surface area (Å²) < 4.78 is 0. The quantitative estimate of drug-likeness (QED) is 0.629.